The van der Waals surface area contributed by atoms with Crippen molar-refractivity contribution < 1.29 is 29.0 Å². The van der Waals surface area contributed by atoms with Crippen molar-refractivity contribution in [1.82, 2.24) is 15.1 Å². The van der Waals surface area contributed by atoms with Crippen LogP contribution >= 0.6 is 0 Å². The Morgan fingerprint density at radius 2 is 1.49 bits per heavy atom. The van der Waals surface area contributed by atoms with Gasteiger partial charge in [0.15, 0.2) is 6.29 Å². The number of hydrogen-bond donors (Lipinski definition) is 2. The van der Waals surface area contributed by atoms with Gasteiger partial charge in [-0.25, -0.2) is 4.79 Å². The normalized spacial score (nSPS) is 13.9. The van der Waals surface area contributed by atoms with Gasteiger partial charge in [0.25, 0.3) is 0 Å². The first kappa shape index (κ1) is 30.1. The molecule has 2 aromatic carbocycles. The quantitative estimate of drug-likeness (QED) is 0.349. The van der Waals surface area contributed by atoms with Crippen LogP contribution in [0.15, 0.2) is 48.5 Å². The lowest BCUT2D eigenvalue weighted by Gasteiger charge is -2.31. The molecule has 212 valence electrons. The summed E-state index contributed by atoms with van der Waals surface area (Å²) in [5.41, 5.74) is 4.39. The molecule has 0 fully saturated rings. The first-order chi connectivity index (χ1) is 18.7. The van der Waals surface area contributed by atoms with Crippen molar-refractivity contribution >= 4 is 17.9 Å². The molecule has 0 radical (unpaired) electrons. The van der Waals surface area contributed by atoms with Crippen molar-refractivity contribution in [1.29, 1.82) is 0 Å². The van der Waals surface area contributed by atoms with Crippen LogP contribution in [-0.4, -0.2) is 85.5 Å². The summed E-state index contributed by atoms with van der Waals surface area (Å²) in [5.74, 6) is -0.466. The number of nitrogens with zero attached hydrogens (tertiary/aromatic N) is 2. The van der Waals surface area contributed by atoms with Crippen LogP contribution in [0.2, 0.25) is 0 Å². The maximum atomic E-state index is 13.2. The standard InChI is InChI=1S/C30H41N3O6/c1-6-20(2)17-33(19-28(38-4)39-5)29(35)21(3)31-27(34)15-16-32(30(36)37)18-26-24-13-9-7-11-22(24)23-12-8-10-14-25(23)26/h7-14,20-21,26,28H,6,15-19H2,1-5H3,(H,31,34)(H,36,37)/t20?,21-/m0/s1. The van der Waals surface area contributed by atoms with Crippen molar-refractivity contribution in [3.8, 4) is 11.1 Å². The summed E-state index contributed by atoms with van der Waals surface area (Å²) < 4.78 is 10.6. The van der Waals surface area contributed by atoms with Crippen molar-refractivity contribution in [3.05, 3.63) is 59.7 Å². The monoisotopic (exact) mass is 539 g/mol. The van der Waals surface area contributed by atoms with E-state index in [1.807, 2.05) is 36.4 Å². The smallest absolute Gasteiger partial charge is 0.407 e. The summed E-state index contributed by atoms with van der Waals surface area (Å²) >= 11 is 0. The zero-order valence-electron chi connectivity index (χ0n) is 23.6. The highest BCUT2D eigenvalue weighted by atomic mass is 16.7. The molecule has 1 aliphatic carbocycles. The second kappa shape index (κ2) is 14.1. The summed E-state index contributed by atoms with van der Waals surface area (Å²) in [5, 5.41) is 12.7. The minimum absolute atomic E-state index is 0.0227. The van der Waals surface area contributed by atoms with Crippen LogP contribution in [0.25, 0.3) is 11.1 Å². The van der Waals surface area contributed by atoms with E-state index in [0.717, 1.165) is 28.7 Å². The van der Waals surface area contributed by atoms with Crippen molar-refractivity contribution in [2.45, 2.75) is 51.9 Å². The zero-order chi connectivity index (χ0) is 28.5. The third-order valence-corrected chi connectivity index (χ3v) is 7.43. The van der Waals surface area contributed by atoms with Gasteiger partial charge in [0.05, 0.1) is 6.54 Å². The molecule has 9 heteroatoms. The Hall–Kier alpha value is -3.43. The molecule has 0 saturated heterocycles. The van der Waals surface area contributed by atoms with Gasteiger partial charge in [0.1, 0.15) is 6.04 Å². The molecule has 0 heterocycles. The topological polar surface area (TPSA) is 108 Å². The molecular weight excluding hydrogens is 498 g/mol. The highest BCUT2D eigenvalue weighted by Gasteiger charge is 2.31. The first-order valence-corrected chi connectivity index (χ1v) is 13.5. The van der Waals surface area contributed by atoms with Gasteiger partial charge in [-0.1, -0.05) is 68.8 Å². The van der Waals surface area contributed by atoms with E-state index in [1.165, 1.54) is 19.1 Å². The molecule has 0 bridgehead atoms. The maximum absolute atomic E-state index is 13.2. The highest BCUT2D eigenvalue weighted by Crippen LogP contribution is 2.44. The van der Waals surface area contributed by atoms with Crippen LogP contribution in [-0.2, 0) is 19.1 Å². The second-order valence-corrected chi connectivity index (χ2v) is 10.2. The van der Waals surface area contributed by atoms with Crippen molar-refractivity contribution in [3.63, 3.8) is 0 Å². The number of methoxy groups -OCH3 is 2. The van der Waals surface area contributed by atoms with E-state index in [0.29, 0.717) is 6.54 Å². The first-order valence-electron chi connectivity index (χ1n) is 13.5. The van der Waals surface area contributed by atoms with Gasteiger partial charge in [-0.3, -0.25) is 9.59 Å². The fourth-order valence-corrected chi connectivity index (χ4v) is 5.01. The summed E-state index contributed by atoms with van der Waals surface area (Å²) in [6.07, 6.45) is -0.810. The molecule has 1 aliphatic rings. The third kappa shape index (κ3) is 7.58. The number of hydrogen-bond acceptors (Lipinski definition) is 5. The van der Waals surface area contributed by atoms with Gasteiger partial charge in [-0.05, 0) is 35.1 Å². The van der Waals surface area contributed by atoms with Crippen LogP contribution in [0.1, 0.15) is 50.7 Å². The van der Waals surface area contributed by atoms with Crippen LogP contribution in [0, 0.1) is 5.92 Å². The fraction of sp³-hybridized carbons (Fsp3) is 0.500. The number of benzene rings is 2. The summed E-state index contributed by atoms with van der Waals surface area (Å²) in [4.78, 5) is 41.1. The molecule has 0 aliphatic heterocycles. The average molecular weight is 540 g/mol. The van der Waals surface area contributed by atoms with Gasteiger partial charge in [-0.2, -0.15) is 0 Å². The van der Waals surface area contributed by atoms with E-state index in [1.54, 1.807) is 11.8 Å². The van der Waals surface area contributed by atoms with E-state index >= 15 is 0 Å². The van der Waals surface area contributed by atoms with E-state index in [2.05, 4.69) is 31.3 Å². The van der Waals surface area contributed by atoms with E-state index in [-0.39, 0.29) is 49.7 Å². The van der Waals surface area contributed by atoms with Crippen LogP contribution in [0.5, 0.6) is 0 Å². The molecule has 2 N–H and O–H groups in total. The number of amides is 3. The molecule has 3 amide bonds. The molecule has 0 aromatic heterocycles. The number of fused-ring (bicyclic) bond motifs is 3. The molecule has 0 saturated carbocycles. The number of ether oxygens (including phenoxy) is 2. The van der Waals surface area contributed by atoms with Crippen LogP contribution < -0.4 is 5.32 Å². The molecule has 3 rings (SSSR count). The van der Waals surface area contributed by atoms with Gasteiger partial charge in [0, 0.05) is 46.2 Å². The number of carbonyl (C=O) groups excluding carboxylic acids is 2. The largest absolute Gasteiger partial charge is 0.465 e. The number of carbonyl (C=O) groups is 3. The van der Waals surface area contributed by atoms with Gasteiger partial charge in [0.2, 0.25) is 11.8 Å². The third-order valence-electron chi connectivity index (χ3n) is 7.43. The SMILES string of the molecule is CCC(C)CN(CC(OC)OC)C(=O)[C@H](C)NC(=O)CCN(CC1c2ccccc2-c2ccccc21)C(=O)O. The Kier molecular flexibility index (Phi) is 10.9. The Morgan fingerprint density at radius 1 is 0.923 bits per heavy atom. The van der Waals surface area contributed by atoms with Crippen LogP contribution in [0.3, 0.4) is 0 Å². The number of nitrogens with one attached hydrogen (secondary N) is 1. The Morgan fingerprint density at radius 3 is 2.00 bits per heavy atom. The predicted octanol–water partition coefficient (Wildman–Crippen LogP) is 4.17. The van der Waals surface area contributed by atoms with Gasteiger partial charge >= 0.3 is 6.09 Å². The minimum Gasteiger partial charge on any atom is -0.465 e. The van der Waals surface area contributed by atoms with E-state index < -0.39 is 18.4 Å². The molecular formula is C30H41N3O6. The van der Waals surface area contributed by atoms with Crippen molar-refractivity contribution in [2.75, 3.05) is 40.4 Å². The number of rotatable bonds is 14. The Labute approximate surface area is 231 Å². The van der Waals surface area contributed by atoms with E-state index in [9.17, 15) is 19.5 Å². The highest BCUT2D eigenvalue weighted by molar-refractivity contribution is 5.87. The minimum atomic E-state index is -1.08. The fourth-order valence-electron chi connectivity index (χ4n) is 5.01. The Balaban J connectivity index is 1.62. The molecule has 39 heavy (non-hydrogen) atoms. The van der Waals surface area contributed by atoms with Gasteiger partial charge < -0.3 is 29.7 Å². The van der Waals surface area contributed by atoms with Crippen LogP contribution in [0.4, 0.5) is 4.79 Å². The average Bonchev–Trinajstić information content (AvgIpc) is 3.25. The second-order valence-electron chi connectivity index (χ2n) is 10.2. The van der Waals surface area contributed by atoms with Gasteiger partial charge in [-0.15, -0.1) is 0 Å². The lowest BCUT2D eigenvalue weighted by molar-refractivity contribution is -0.149. The zero-order valence-corrected chi connectivity index (χ0v) is 23.6. The molecule has 2 atom stereocenters. The molecule has 9 nitrogen and oxygen atoms in total. The Bertz CT molecular complexity index is 1090. The summed E-state index contributed by atoms with van der Waals surface area (Å²) in [6, 6.07) is 15.3. The lowest BCUT2D eigenvalue weighted by atomic mass is 9.96. The van der Waals surface area contributed by atoms with Crippen molar-refractivity contribution in [2.24, 2.45) is 5.92 Å². The molecule has 1 unspecified atom stereocenters. The van der Waals surface area contributed by atoms with E-state index in [4.69, 9.17) is 9.47 Å². The predicted molar refractivity (Wildman–Crippen MR) is 149 cm³/mol. The summed E-state index contributed by atoms with van der Waals surface area (Å²) in [7, 11) is 3.03. The lowest BCUT2D eigenvalue weighted by Crippen LogP contribution is -2.51. The maximum Gasteiger partial charge on any atom is 0.407 e. The molecule has 0 spiro atoms. The molecule has 2 aromatic rings. The summed E-state index contributed by atoms with van der Waals surface area (Å²) in [6.45, 7) is 6.76. The number of carboxylic acid groups (broad SMARTS) is 1.